The van der Waals surface area contributed by atoms with E-state index in [-0.39, 0.29) is 12.2 Å². The van der Waals surface area contributed by atoms with E-state index in [4.69, 9.17) is 9.47 Å². The summed E-state index contributed by atoms with van der Waals surface area (Å²) in [5, 5.41) is 0. The summed E-state index contributed by atoms with van der Waals surface area (Å²) in [4.78, 5) is 0. The van der Waals surface area contributed by atoms with Gasteiger partial charge in [0.15, 0.2) is 6.17 Å². The highest BCUT2D eigenvalue weighted by Gasteiger charge is 2.27. The van der Waals surface area contributed by atoms with Crippen molar-refractivity contribution in [3.63, 3.8) is 0 Å². The number of ether oxygens (including phenoxy) is 2. The van der Waals surface area contributed by atoms with Gasteiger partial charge in [0.05, 0.1) is 12.2 Å². The minimum Gasteiger partial charge on any atom is -0.336 e. The first-order valence-corrected chi connectivity index (χ1v) is 4.05. The molecule has 0 aliphatic carbocycles. The number of hydrogen-bond acceptors (Lipinski definition) is 2. The largest absolute Gasteiger partial charge is 0.336 e. The molecule has 1 rings (SSSR count). The van der Waals surface area contributed by atoms with E-state index in [1.165, 1.54) is 6.92 Å². The molecule has 2 nitrogen and oxygen atoms in total. The van der Waals surface area contributed by atoms with Crippen LogP contribution >= 0.6 is 0 Å². The van der Waals surface area contributed by atoms with Crippen molar-refractivity contribution in [3.8, 4) is 11.8 Å². The molecule has 0 spiro atoms. The second-order valence-corrected chi connectivity index (χ2v) is 2.92. The van der Waals surface area contributed by atoms with Gasteiger partial charge in [0.1, 0.15) is 0 Å². The predicted molar refractivity (Wildman–Crippen MR) is 43.2 cm³/mol. The van der Waals surface area contributed by atoms with Crippen LogP contribution < -0.4 is 0 Å². The highest BCUT2D eigenvalue weighted by atomic mass is 19.1. The number of hydrogen-bond donors (Lipinski definition) is 0. The maximum Gasteiger partial charge on any atom is 0.223 e. The molecule has 1 unspecified atom stereocenters. The second-order valence-electron chi connectivity index (χ2n) is 2.92. The lowest BCUT2D eigenvalue weighted by Crippen LogP contribution is -2.13. The fourth-order valence-electron chi connectivity index (χ4n) is 0.894. The minimum atomic E-state index is -1.12. The molecule has 0 aromatic carbocycles. The molecule has 1 aliphatic heterocycles. The molecule has 0 aromatic heterocycles. The summed E-state index contributed by atoms with van der Waals surface area (Å²) in [6, 6.07) is 0. The summed E-state index contributed by atoms with van der Waals surface area (Å²) in [6.07, 6.45) is -1.59. The van der Waals surface area contributed by atoms with E-state index in [1.807, 2.05) is 13.8 Å². The highest BCUT2D eigenvalue weighted by molar-refractivity contribution is 5.07. The van der Waals surface area contributed by atoms with E-state index in [0.717, 1.165) is 0 Å². The van der Waals surface area contributed by atoms with Gasteiger partial charge in [0.25, 0.3) is 0 Å². The number of halogens is 1. The normalized spacial score (nSPS) is 32.7. The van der Waals surface area contributed by atoms with E-state index in [1.54, 1.807) is 0 Å². The van der Waals surface area contributed by atoms with Crippen LogP contribution in [0.1, 0.15) is 20.8 Å². The van der Waals surface area contributed by atoms with Crippen LogP contribution in [0.25, 0.3) is 0 Å². The molecule has 0 saturated carbocycles. The van der Waals surface area contributed by atoms with E-state index in [2.05, 4.69) is 11.8 Å². The molecule has 0 bridgehead atoms. The molecule has 1 saturated heterocycles. The average molecular weight is 172 g/mol. The van der Waals surface area contributed by atoms with Gasteiger partial charge in [0.2, 0.25) is 6.29 Å². The second kappa shape index (κ2) is 3.88. The molecular formula is C9H13FO2. The number of rotatable bonds is 0. The van der Waals surface area contributed by atoms with Crippen LogP contribution in [0.5, 0.6) is 0 Å². The van der Waals surface area contributed by atoms with Gasteiger partial charge in [-0.05, 0) is 26.7 Å². The van der Waals surface area contributed by atoms with Crippen molar-refractivity contribution in [1.82, 2.24) is 0 Å². The predicted octanol–water partition coefficient (Wildman–Crippen LogP) is 1.50. The summed E-state index contributed by atoms with van der Waals surface area (Å²) < 4.78 is 22.8. The van der Waals surface area contributed by atoms with Crippen molar-refractivity contribution in [3.05, 3.63) is 0 Å². The fourth-order valence-corrected chi connectivity index (χ4v) is 0.894. The summed E-state index contributed by atoms with van der Waals surface area (Å²) in [5.41, 5.74) is 0. The monoisotopic (exact) mass is 172 g/mol. The lowest BCUT2D eigenvalue weighted by molar-refractivity contribution is -0.0169. The van der Waals surface area contributed by atoms with Gasteiger partial charge in [-0.1, -0.05) is 5.92 Å². The molecular weight excluding hydrogens is 159 g/mol. The first-order valence-electron chi connectivity index (χ1n) is 4.05. The standard InChI is InChI=1S/C9H13FO2/c1-6(10)4-5-9-11-7(2)8(3)12-9/h6-9H,1-3H3/t6?,7-,8-/m1/s1. The topological polar surface area (TPSA) is 18.5 Å². The third-order valence-electron chi connectivity index (χ3n) is 1.74. The lowest BCUT2D eigenvalue weighted by Gasteiger charge is -2.01. The summed E-state index contributed by atoms with van der Waals surface area (Å²) in [6.45, 7) is 5.20. The fraction of sp³-hybridized carbons (Fsp3) is 0.778. The van der Waals surface area contributed by atoms with Crippen molar-refractivity contribution in [2.75, 3.05) is 0 Å². The van der Waals surface area contributed by atoms with Crippen LogP contribution in [0.2, 0.25) is 0 Å². The Bertz CT molecular complexity index is 194. The van der Waals surface area contributed by atoms with Gasteiger partial charge in [-0.15, -0.1) is 0 Å². The maximum absolute atomic E-state index is 12.3. The first kappa shape index (κ1) is 9.50. The smallest absolute Gasteiger partial charge is 0.223 e. The molecule has 1 heterocycles. The third kappa shape index (κ3) is 2.47. The Labute approximate surface area is 72.0 Å². The zero-order chi connectivity index (χ0) is 9.14. The van der Waals surface area contributed by atoms with E-state index >= 15 is 0 Å². The lowest BCUT2D eigenvalue weighted by atomic mass is 10.3. The quantitative estimate of drug-likeness (QED) is 0.515. The Hall–Kier alpha value is -0.590. The summed E-state index contributed by atoms with van der Waals surface area (Å²) in [5.74, 6) is 4.93. The average Bonchev–Trinajstić information content (AvgIpc) is 2.28. The van der Waals surface area contributed by atoms with Crippen molar-refractivity contribution in [2.45, 2.75) is 45.4 Å². The molecule has 0 amide bonds. The molecule has 3 atom stereocenters. The molecule has 1 fully saturated rings. The van der Waals surface area contributed by atoms with Gasteiger partial charge < -0.3 is 9.47 Å². The summed E-state index contributed by atoms with van der Waals surface area (Å²) in [7, 11) is 0. The summed E-state index contributed by atoms with van der Waals surface area (Å²) >= 11 is 0. The minimum absolute atomic E-state index is 0.0409. The molecule has 0 radical (unpaired) electrons. The van der Waals surface area contributed by atoms with Crippen LogP contribution in [0.4, 0.5) is 4.39 Å². The van der Waals surface area contributed by atoms with Gasteiger partial charge in [0, 0.05) is 0 Å². The van der Waals surface area contributed by atoms with Crippen LogP contribution in [0, 0.1) is 11.8 Å². The van der Waals surface area contributed by atoms with Crippen molar-refractivity contribution in [1.29, 1.82) is 0 Å². The highest BCUT2D eigenvalue weighted by Crippen LogP contribution is 2.17. The van der Waals surface area contributed by atoms with Crippen molar-refractivity contribution >= 4 is 0 Å². The first-order chi connectivity index (χ1) is 5.59. The Morgan fingerprint density at radius 1 is 1.25 bits per heavy atom. The zero-order valence-corrected chi connectivity index (χ0v) is 7.50. The van der Waals surface area contributed by atoms with E-state index in [9.17, 15) is 4.39 Å². The van der Waals surface area contributed by atoms with Gasteiger partial charge >= 0.3 is 0 Å². The van der Waals surface area contributed by atoms with Crippen LogP contribution in [-0.2, 0) is 9.47 Å². The molecule has 0 N–H and O–H groups in total. The van der Waals surface area contributed by atoms with Gasteiger partial charge in [-0.2, -0.15) is 0 Å². The van der Waals surface area contributed by atoms with Gasteiger partial charge in [-0.25, -0.2) is 4.39 Å². The Kier molecular flexibility index (Phi) is 3.07. The SMILES string of the molecule is CC(F)C#CC1O[C@H](C)[C@@H](C)O1. The zero-order valence-electron chi connectivity index (χ0n) is 7.50. The van der Waals surface area contributed by atoms with Crippen molar-refractivity contribution < 1.29 is 13.9 Å². The van der Waals surface area contributed by atoms with Crippen molar-refractivity contribution in [2.24, 2.45) is 0 Å². The Balaban J connectivity index is 2.44. The maximum atomic E-state index is 12.3. The molecule has 0 aromatic rings. The molecule has 68 valence electrons. The third-order valence-corrected chi connectivity index (χ3v) is 1.74. The molecule has 3 heteroatoms. The van der Waals surface area contributed by atoms with Gasteiger partial charge in [-0.3, -0.25) is 0 Å². The Morgan fingerprint density at radius 3 is 2.17 bits per heavy atom. The molecule has 12 heavy (non-hydrogen) atoms. The van der Waals surface area contributed by atoms with E-state index in [0.29, 0.717) is 0 Å². The number of alkyl halides is 1. The van der Waals surface area contributed by atoms with Crippen LogP contribution in [-0.4, -0.2) is 24.7 Å². The van der Waals surface area contributed by atoms with E-state index < -0.39 is 12.5 Å². The van der Waals surface area contributed by atoms with Crippen LogP contribution in [0.3, 0.4) is 0 Å². The van der Waals surface area contributed by atoms with Crippen LogP contribution in [0.15, 0.2) is 0 Å². The molecule has 1 aliphatic rings. The Morgan fingerprint density at radius 2 is 1.75 bits per heavy atom.